The fourth-order valence-electron chi connectivity index (χ4n) is 1.75. The third-order valence-corrected chi connectivity index (χ3v) is 3.92. The summed E-state index contributed by atoms with van der Waals surface area (Å²) >= 11 is 3.36. The molecule has 0 heterocycles. The topological polar surface area (TPSA) is 70.6 Å². The molecule has 112 valence electrons. The number of hydrogen-bond donors (Lipinski definition) is 3. The van der Waals surface area contributed by atoms with Crippen LogP contribution in [0.4, 0.5) is 10.5 Å². The Balaban J connectivity index is 2.71. The van der Waals surface area contributed by atoms with Crippen molar-refractivity contribution in [1.82, 2.24) is 5.32 Å². The molecule has 0 aliphatic rings. The Kier molecular flexibility index (Phi) is 6.29. The van der Waals surface area contributed by atoms with Crippen LogP contribution in [0.5, 0.6) is 5.75 Å². The van der Waals surface area contributed by atoms with Crippen molar-refractivity contribution in [3.63, 3.8) is 0 Å². The first-order valence-corrected chi connectivity index (χ1v) is 7.27. The first-order valence-electron chi connectivity index (χ1n) is 6.47. The molecule has 0 fully saturated rings. The Labute approximate surface area is 127 Å². The predicted molar refractivity (Wildman–Crippen MR) is 83.2 cm³/mol. The van der Waals surface area contributed by atoms with Crippen molar-refractivity contribution in [1.29, 1.82) is 0 Å². The Morgan fingerprint density at radius 2 is 2.20 bits per heavy atom. The molecule has 6 heteroatoms. The first kappa shape index (κ1) is 16.8. The molecule has 0 saturated carbocycles. The molecule has 0 radical (unpaired) electrons. The molecular weight excluding hydrogens is 324 g/mol. The lowest BCUT2D eigenvalue weighted by molar-refractivity contribution is 0.208. The van der Waals surface area contributed by atoms with E-state index in [0.29, 0.717) is 17.9 Å². The lowest BCUT2D eigenvalue weighted by Gasteiger charge is -2.29. The number of halogens is 1. The van der Waals surface area contributed by atoms with E-state index in [0.717, 1.165) is 10.9 Å². The Hall–Kier alpha value is -1.27. The first-order chi connectivity index (χ1) is 9.44. The highest BCUT2D eigenvalue weighted by atomic mass is 79.9. The van der Waals surface area contributed by atoms with E-state index in [1.165, 1.54) is 0 Å². The van der Waals surface area contributed by atoms with Gasteiger partial charge in [-0.25, -0.2) is 4.79 Å². The van der Waals surface area contributed by atoms with Gasteiger partial charge >= 0.3 is 6.03 Å². The number of aliphatic hydroxyl groups is 1. The van der Waals surface area contributed by atoms with Gasteiger partial charge in [-0.15, -0.1) is 0 Å². The van der Waals surface area contributed by atoms with Gasteiger partial charge in [0.25, 0.3) is 0 Å². The number of methoxy groups -OCH3 is 1. The highest BCUT2D eigenvalue weighted by Gasteiger charge is 2.23. The summed E-state index contributed by atoms with van der Waals surface area (Å²) < 4.78 is 6.00. The van der Waals surface area contributed by atoms with E-state index in [4.69, 9.17) is 9.84 Å². The van der Waals surface area contributed by atoms with Gasteiger partial charge in [0.2, 0.25) is 0 Å². The van der Waals surface area contributed by atoms with Crippen LogP contribution in [-0.2, 0) is 0 Å². The highest BCUT2D eigenvalue weighted by molar-refractivity contribution is 9.10. The predicted octanol–water partition coefficient (Wildman–Crippen LogP) is 3.13. The number of amides is 2. The van der Waals surface area contributed by atoms with Crippen LogP contribution in [0.1, 0.15) is 26.7 Å². The Bertz CT molecular complexity index is 468. The van der Waals surface area contributed by atoms with Gasteiger partial charge < -0.3 is 20.5 Å². The summed E-state index contributed by atoms with van der Waals surface area (Å²) in [6, 6.07) is 5.02. The second-order valence-corrected chi connectivity index (χ2v) is 5.67. The molecule has 1 atom stereocenters. The zero-order valence-electron chi connectivity index (χ0n) is 12.0. The normalized spacial score (nSPS) is 13.4. The number of anilines is 1. The van der Waals surface area contributed by atoms with Crippen LogP contribution in [0.2, 0.25) is 0 Å². The summed E-state index contributed by atoms with van der Waals surface area (Å²) in [6.07, 6.45) is 1.26. The molecule has 1 rings (SSSR count). The maximum Gasteiger partial charge on any atom is 0.319 e. The molecule has 5 nitrogen and oxygen atoms in total. The van der Waals surface area contributed by atoms with Crippen molar-refractivity contribution in [3.05, 3.63) is 22.7 Å². The van der Waals surface area contributed by atoms with Gasteiger partial charge in [0, 0.05) is 23.9 Å². The lowest BCUT2D eigenvalue weighted by atomic mass is 9.95. The third kappa shape index (κ3) is 4.68. The van der Waals surface area contributed by atoms with Crippen molar-refractivity contribution in [2.75, 3.05) is 19.0 Å². The average molecular weight is 345 g/mol. The lowest BCUT2D eigenvalue weighted by Crippen LogP contribution is -2.48. The molecule has 0 aliphatic heterocycles. The van der Waals surface area contributed by atoms with Crippen LogP contribution in [0.25, 0.3) is 0 Å². The fraction of sp³-hybridized carbons (Fsp3) is 0.500. The maximum atomic E-state index is 12.0. The molecule has 0 spiro atoms. The smallest absolute Gasteiger partial charge is 0.319 e. The minimum atomic E-state index is -0.418. The van der Waals surface area contributed by atoms with Crippen molar-refractivity contribution >= 4 is 27.6 Å². The van der Waals surface area contributed by atoms with E-state index in [-0.39, 0.29) is 12.6 Å². The molecule has 3 N–H and O–H groups in total. The molecule has 2 amide bonds. The van der Waals surface area contributed by atoms with Gasteiger partial charge in [0.15, 0.2) is 0 Å². The fourth-order valence-corrected chi connectivity index (χ4v) is 2.16. The van der Waals surface area contributed by atoms with Crippen LogP contribution in [0, 0.1) is 0 Å². The van der Waals surface area contributed by atoms with Crippen molar-refractivity contribution in [3.8, 4) is 5.75 Å². The number of aliphatic hydroxyl groups excluding tert-OH is 1. The Morgan fingerprint density at radius 1 is 1.50 bits per heavy atom. The van der Waals surface area contributed by atoms with E-state index in [9.17, 15) is 4.79 Å². The van der Waals surface area contributed by atoms with Crippen LogP contribution >= 0.6 is 15.9 Å². The summed E-state index contributed by atoms with van der Waals surface area (Å²) in [5.41, 5.74) is 0.225. The van der Waals surface area contributed by atoms with Gasteiger partial charge in [-0.1, -0.05) is 6.92 Å². The number of benzene rings is 1. The number of rotatable bonds is 6. The maximum absolute atomic E-state index is 12.0. The van der Waals surface area contributed by atoms with E-state index in [1.807, 2.05) is 13.8 Å². The number of carbonyl (C=O) groups is 1. The molecule has 0 bridgehead atoms. The average Bonchev–Trinajstić information content (AvgIpc) is 2.41. The molecule has 1 aromatic rings. The van der Waals surface area contributed by atoms with Gasteiger partial charge in [-0.3, -0.25) is 0 Å². The zero-order chi connectivity index (χ0) is 15.2. The van der Waals surface area contributed by atoms with Gasteiger partial charge in [0.1, 0.15) is 5.75 Å². The number of carbonyl (C=O) groups excluding carboxylic acids is 1. The number of hydrogen-bond acceptors (Lipinski definition) is 3. The number of ether oxygens (including phenoxy) is 1. The van der Waals surface area contributed by atoms with Crippen LogP contribution < -0.4 is 15.4 Å². The molecule has 1 unspecified atom stereocenters. The van der Waals surface area contributed by atoms with E-state index >= 15 is 0 Å². The van der Waals surface area contributed by atoms with E-state index in [2.05, 4.69) is 26.6 Å². The third-order valence-electron chi connectivity index (χ3n) is 3.27. The summed E-state index contributed by atoms with van der Waals surface area (Å²) in [6.45, 7) is 3.92. The van der Waals surface area contributed by atoms with Crippen LogP contribution in [-0.4, -0.2) is 30.4 Å². The van der Waals surface area contributed by atoms with E-state index in [1.54, 1.807) is 25.3 Å². The standard InChI is InChI=1S/C14H21BrN2O3/c1-4-14(2,7-8-18)17-13(19)16-10-5-6-11(15)12(9-10)20-3/h5-6,9,18H,4,7-8H2,1-3H3,(H2,16,17,19). The minimum Gasteiger partial charge on any atom is -0.495 e. The summed E-state index contributed by atoms with van der Waals surface area (Å²) in [5.74, 6) is 0.649. The van der Waals surface area contributed by atoms with Crippen molar-refractivity contribution in [2.24, 2.45) is 0 Å². The van der Waals surface area contributed by atoms with Gasteiger partial charge in [0.05, 0.1) is 11.6 Å². The molecule has 0 aliphatic carbocycles. The second kappa shape index (κ2) is 7.50. The minimum absolute atomic E-state index is 0.0384. The molecular formula is C14H21BrN2O3. The molecule has 1 aromatic carbocycles. The van der Waals surface area contributed by atoms with Gasteiger partial charge in [-0.2, -0.15) is 0 Å². The quantitative estimate of drug-likeness (QED) is 0.742. The number of nitrogens with one attached hydrogen (secondary N) is 2. The number of urea groups is 1. The zero-order valence-corrected chi connectivity index (χ0v) is 13.6. The monoisotopic (exact) mass is 344 g/mol. The highest BCUT2D eigenvalue weighted by Crippen LogP contribution is 2.27. The summed E-state index contributed by atoms with van der Waals surface area (Å²) in [5, 5.41) is 14.7. The van der Waals surface area contributed by atoms with Crippen LogP contribution in [0.3, 0.4) is 0 Å². The van der Waals surface area contributed by atoms with Gasteiger partial charge in [-0.05, 0) is 47.8 Å². The summed E-state index contributed by atoms with van der Waals surface area (Å²) in [4.78, 5) is 12.0. The molecule has 0 saturated heterocycles. The molecule has 0 aromatic heterocycles. The van der Waals surface area contributed by atoms with E-state index < -0.39 is 5.54 Å². The Morgan fingerprint density at radius 3 is 2.75 bits per heavy atom. The van der Waals surface area contributed by atoms with Crippen LogP contribution in [0.15, 0.2) is 22.7 Å². The largest absolute Gasteiger partial charge is 0.495 e. The van der Waals surface area contributed by atoms with Crippen molar-refractivity contribution in [2.45, 2.75) is 32.2 Å². The second-order valence-electron chi connectivity index (χ2n) is 4.82. The SMILES string of the molecule is CCC(C)(CCO)NC(=O)Nc1ccc(Br)c(OC)c1. The van der Waals surface area contributed by atoms with Crippen molar-refractivity contribution < 1.29 is 14.6 Å². The molecule has 20 heavy (non-hydrogen) atoms. The summed E-state index contributed by atoms with van der Waals surface area (Å²) in [7, 11) is 1.57.